The van der Waals surface area contributed by atoms with Crippen LogP contribution >= 0.6 is 11.6 Å². The summed E-state index contributed by atoms with van der Waals surface area (Å²) in [6, 6.07) is 16.4. The number of aromatic nitrogens is 1. The third-order valence-electron chi connectivity index (χ3n) is 4.58. The molecule has 0 fully saturated rings. The predicted octanol–water partition coefficient (Wildman–Crippen LogP) is 4.52. The number of amides is 1. The van der Waals surface area contributed by atoms with E-state index in [1.165, 1.54) is 6.20 Å². The predicted molar refractivity (Wildman–Crippen MR) is 108 cm³/mol. The molecule has 2 heterocycles. The molecule has 0 saturated heterocycles. The molecule has 2 aromatic carbocycles. The van der Waals surface area contributed by atoms with Gasteiger partial charge in [-0.2, -0.15) is 0 Å². The summed E-state index contributed by atoms with van der Waals surface area (Å²) < 4.78 is 10.7. The van der Waals surface area contributed by atoms with Crippen LogP contribution in [0.5, 0.6) is 11.5 Å². The highest BCUT2D eigenvalue weighted by Crippen LogP contribution is 2.38. The minimum Gasteiger partial charge on any atom is -0.497 e. The highest BCUT2D eigenvalue weighted by atomic mass is 35.5. The topological polar surface area (TPSA) is 63.7 Å². The highest BCUT2D eigenvalue weighted by Gasteiger charge is 2.38. The molecule has 1 aliphatic heterocycles. The fraction of sp³-hybridized carbons (Fsp3) is 0.143. The summed E-state index contributed by atoms with van der Waals surface area (Å²) in [5.41, 5.74) is 2.25. The van der Waals surface area contributed by atoms with E-state index in [-0.39, 0.29) is 5.91 Å². The minimum absolute atomic E-state index is 0.127. The van der Waals surface area contributed by atoms with Crippen molar-refractivity contribution in [1.82, 2.24) is 4.98 Å². The number of fused-ring (bicyclic) bond motifs is 1. The van der Waals surface area contributed by atoms with Crippen LogP contribution < -0.4 is 19.7 Å². The second kappa shape index (κ2) is 7.40. The largest absolute Gasteiger partial charge is 0.497 e. The summed E-state index contributed by atoms with van der Waals surface area (Å²) in [5, 5.41) is 3.92. The average molecular weight is 396 g/mol. The van der Waals surface area contributed by atoms with Crippen LogP contribution in [-0.4, -0.2) is 25.1 Å². The molecule has 28 heavy (non-hydrogen) atoms. The zero-order chi connectivity index (χ0) is 19.7. The molecule has 1 N–H and O–H groups in total. The summed E-state index contributed by atoms with van der Waals surface area (Å²) in [5.74, 6) is 1.68. The summed E-state index contributed by atoms with van der Waals surface area (Å²) in [4.78, 5) is 19.0. The zero-order valence-electron chi connectivity index (χ0n) is 15.3. The van der Waals surface area contributed by atoms with Gasteiger partial charge in [-0.25, -0.2) is 4.98 Å². The summed E-state index contributed by atoms with van der Waals surface area (Å²) in [6.45, 7) is 0. The molecule has 3 aromatic rings. The van der Waals surface area contributed by atoms with Crippen molar-refractivity contribution >= 4 is 29.0 Å². The summed E-state index contributed by atoms with van der Waals surface area (Å²) in [6.07, 6.45) is 1.09. The van der Waals surface area contributed by atoms with Gasteiger partial charge in [-0.15, -0.1) is 0 Å². The van der Waals surface area contributed by atoms with Gasteiger partial charge in [0.15, 0.2) is 0 Å². The maximum Gasteiger partial charge on any atom is 0.261 e. The molecule has 1 atom stereocenters. The molecule has 6 nitrogen and oxygen atoms in total. The lowest BCUT2D eigenvalue weighted by Crippen LogP contribution is -2.32. The standard InChI is InChI=1S/C21H18ClN3O3/c1-27-15-9-14(10-16(11-15)28-2)24-20-17-5-3-4-6-18(17)21(26)25(20)19-8-7-13(22)12-23-19/h3-12,20,24H,1-2H3/t20-/m1/s1. The molecule has 0 unspecified atom stereocenters. The van der Waals surface area contributed by atoms with E-state index >= 15 is 0 Å². The van der Waals surface area contributed by atoms with E-state index in [9.17, 15) is 4.79 Å². The van der Waals surface area contributed by atoms with E-state index in [1.807, 2.05) is 36.4 Å². The molecule has 0 saturated carbocycles. The third-order valence-corrected chi connectivity index (χ3v) is 4.80. The Morgan fingerprint density at radius 3 is 2.39 bits per heavy atom. The van der Waals surface area contributed by atoms with Crippen LogP contribution in [0.25, 0.3) is 0 Å². The SMILES string of the molecule is COc1cc(N[C@H]2c3ccccc3C(=O)N2c2ccc(Cl)cn2)cc(OC)c1. The van der Waals surface area contributed by atoms with Gasteiger partial charge >= 0.3 is 0 Å². The number of nitrogens with zero attached hydrogens (tertiary/aromatic N) is 2. The second-order valence-corrected chi connectivity index (χ2v) is 6.68. The van der Waals surface area contributed by atoms with Gasteiger partial charge in [0.2, 0.25) is 0 Å². The molecule has 0 aliphatic carbocycles. The van der Waals surface area contributed by atoms with Crippen LogP contribution in [0.1, 0.15) is 22.1 Å². The molecule has 0 spiro atoms. The van der Waals surface area contributed by atoms with Gasteiger partial charge in [0, 0.05) is 41.2 Å². The van der Waals surface area contributed by atoms with Gasteiger partial charge < -0.3 is 14.8 Å². The molecule has 0 bridgehead atoms. The van der Waals surface area contributed by atoms with E-state index in [2.05, 4.69) is 10.3 Å². The molecule has 4 rings (SSSR count). The fourth-order valence-corrected chi connectivity index (χ4v) is 3.37. The van der Waals surface area contributed by atoms with Crippen molar-refractivity contribution in [3.8, 4) is 11.5 Å². The Morgan fingerprint density at radius 2 is 1.75 bits per heavy atom. The number of rotatable bonds is 5. The Hall–Kier alpha value is -3.25. The number of hydrogen-bond donors (Lipinski definition) is 1. The van der Waals surface area contributed by atoms with Gasteiger partial charge in [-0.3, -0.25) is 9.69 Å². The van der Waals surface area contributed by atoms with Crippen molar-refractivity contribution in [2.75, 3.05) is 24.4 Å². The van der Waals surface area contributed by atoms with Crippen LogP contribution in [0, 0.1) is 0 Å². The number of carbonyl (C=O) groups excluding carboxylic acids is 1. The number of methoxy groups -OCH3 is 2. The van der Waals surface area contributed by atoms with Gasteiger partial charge in [0.25, 0.3) is 5.91 Å². The van der Waals surface area contributed by atoms with Gasteiger partial charge in [-0.05, 0) is 18.2 Å². The highest BCUT2D eigenvalue weighted by molar-refractivity contribution is 6.30. The van der Waals surface area contributed by atoms with Crippen molar-refractivity contribution in [2.24, 2.45) is 0 Å². The third kappa shape index (κ3) is 3.23. The van der Waals surface area contributed by atoms with Gasteiger partial charge in [0.1, 0.15) is 23.5 Å². The first-order valence-corrected chi connectivity index (χ1v) is 9.02. The van der Waals surface area contributed by atoms with E-state index in [0.29, 0.717) is 27.9 Å². The Bertz CT molecular complexity index is 1000. The molecule has 1 aromatic heterocycles. The second-order valence-electron chi connectivity index (χ2n) is 6.25. The Labute approximate surface area is 167 Å². The molecular formula is C21H18ClN3O3. The smallest absolute Gasteiger partial charge is 0.261 e. The quantitative estimate of drug-likeness (QED) is 0.688. The summed E-state index contributed by atoms with van der Waals surface area (Å²) in [7, 11) is 3.19. The van der Waals surface area contributed by atoms with E-state index < -0.39 is 6.17 Å². The first kappa shape index (κ1) is 18.1. The van der Waals surface area contributed by atoms with Crippen LogP contribution in [0.15, 0.2) is 60.8 Å². The zero-order valence-corrected chi connectivity index (χ0v) is 16.1. The number of pyridine rings is 1. The lowest BCUT2D eigenvalue weighted by atomic mass is 10.1. The normalized spacial score (nSPS) is 15.3. The number of nitrogens with one attached hydrogen (secondary N) is 1. The minimum atomic E-state index is -0.436. The van der Waals surface area contributed by atoms with Crippen LogP contribution in [0.2, 0.25) is 5.02 Å². The molecular weight excluding hydrogens is 378 g/mol. The van der Waals surface area contributed by atoms with E-state index in [1.54, 1.807) is 37.3 Å². The van der Waals surface area contributed by atoms with Gasteiger partial charge in [0.05, 0.1) is 19.2 Å². The average Bonchev–Trinajstić information content (AvgIpc) is 3.00. The number of benzene rings is 2. The summed E-state index contributed by atoms with van der Waals surface area (Å²) >= 11 is 5.97. The van der Waals surface area contributed by atoms with Crippen molar-refractivity contribution in [2.45, 2.75) is 6.17 Å². The van der Waals surface area contributed by atoms with Crippen LogP contribution in [0.3, 0.4) is 0 Å². The molecule has 7 heteroatoms. The lowest BCUT2D eigenvalue weighted by Gasteiger charge is -2.26. The molecule has 142 valence electrons. The van der Waals surface area contributed by atoms with Crippen molar-refractivity contribution < 1.29 is 14.3 Å². The number of halogens is 1. The monoisotopic (exact) mass is 395 g/mol. The first-order valence-electron chi connectivity index (χ1n) is 8.64. The maximum atomic E-state index is 13.1. The molecule has 1 amide bonds. The Balaban J connectivity index is 1.77. The van der Waals surface area contributed by atoms with E-state index in [4.69, 9.17) is 21.1 Å². The maximum absolute atomic E-state index is 13.1. The lowest BCUT2D eigenvalue weighted by molar-refractivity contribution is 0.0992. The van der Waals surface area contributed by atoms with Crippen LogP contribution in [-0.2, 0) is 0 Å². The molecule has 1 aliphatic rings. The number of ether oxygens (including phenoxy) is 2. The van der Waals surface area contributed by atoms with Gasteiger partial charge in [-0.1, -0.05) is 29.8 Å². The fourth-order valence-electron chi connectivity index (χ4n) is 3.25. The first-order chi connectivity index (χ1) is 13.6. The number of anilines is 2. The number of hydrogen-bond acceptors (Lipinski definition) is 5. The van der Waals surface area contributed by atoms with E-state index in [0.717, 1.165) is 11.3 Å². The van der Waals surface area contributed by atoms with Crippen molar-refractivity contribution in [3.63, 3.8) is 0 Å². The molecule has 0 radical (unpaired) electrons. The van der Waals surface area contributed by atoms with Crippen LogP contribution in [0.4, 0.5) is 11.5 Å². The number of carbonyl (C=O) groups is 1. The Morgan fingerprint density at radius 1 is 1.04 bits per heavy atom. The Kier molecular flexibility index (Phi) is 4.79. The van der Waals surface area contributed by atoms with Crippen molar-refractivity contribution in [1.29, 1.82) is 0 Å². The van der Waals surface area contributed by atoms with Crippen molar-refractivity contribution in [3.05, 3.63) is 76.9 Å².